The smallest absolute Gasteiger partial charge is 0.211 e. The normalized spacial score (nSPS) is 12.8. The van der Waals surface area contributed by atoms with Crippen LogP contribution in [0.4, 0.5) is 14.5 Å². The summed E-state index contributed by atoms with van der Waals surface area (Å²) in [6.45, 7) is 3.21. The third kappa shape index (κ3) is 8.37. The molecule has 7 rings (SSSR count). The topological polar surface area (TPSA) is 83.4 Å². The molecule has 10 heteroatoms. The van der Waals surface area contributed by atoms with Crippen molar-refractivity contribution in [2.75, 3.05) is 25.5 Å². The number of nitrogens with zero attached hydrogens (tertiary/aromatic N) is 2. The van der Waals surface area contributed by atoms with Crippen molar-refractivity contribution in [2.45, 2.75) is 32.5 Å². The molecule has 260 valence electrons. The fraction of sp³-hybridized carbons (Fsp3) is 0.195. The largest absolute Gasteiger partial charge is 0.334 e. The molecule has 0 atom stereocenters. The summed E-state index contributed by atoms with van der Waals surface area (Å²) < 4.78 is 31.4. The van der Waals surface area contributed by atoms with Gasteiger partial charge in [0.15, 0.2) is 5.78 Å². The van der Waals surface area contributed by atoms with Crippen LogP contribution >= 0.6 is 11.3 Å². The first-order valence-corrected chi connectivity index (χ1v) is 17.6. The monoisotopic (exact) mass is 704 g/mol. The molecule has 3 heterocycles. The minimum Gasteiger partial charge on any atom is -0.334 e. The number of benzene rings is 4. The summed E-state index contributed by atoms with van der Waals surface area (Å²) in [5.74, 6) is -1.93. The number of pyridine rings is 1. The molecular formula is C41H38F2N4O3S. The second kappa shape index (κ2) is 16.6. The molecule has 2 aromatic heterocycles. The van der Waals surface area contributed by atoms with Gasteiger partial charge in [-0.25, -0.2) is 8.78 Å². The second-order valence-corrected chi connectivity index (χ2v) is 13.4. The third-order valence-electron chi connectivity index (χ3n) is 8.85. The number of hydrogen-bond acceptors (Lipinski definition) is 6. The van der Waals surface area contributed by atoms with Crippen LogP contribution in [0.15, 0.2) is 114 Å². The number of carbonyl (C=O) groups is 2. The highest BCUT2D eigenvalue weighted by Gasteiger charge is 2.25. The molecule has 0 aliphatic carbocycles. The van der Waals surface area contributed by atoms with Gasteiger partial charge in [-0.15, -0.1) is 11.3 Å². The Hall–Kier alpha value is -5.29. The maximum absolute atomic E-state index is 14.9. The Balaban J connectivity index is 0.000000677. The fourth-order valence-corrected chi connectivity index (χ4v) is 7.46. The van der Waals surface area contributed by atoms with E-state index in [1.165, 1.54) is 61.7 Å². The van der Waals surface area contributed by atoms with Crippen molar-refractivity contribution in [3.05, 3.63) is 159 Å². The summed E-state index contributed by atoms with van der Waals surface area (Å²) >= 11 is 1.31. The summed E-state index contributed by atoms with van der Waals surface area (Å²) in [5.41, 5.74) is 2.70. The Labute approximate surface area is 299 Å². The van der Waals surface area contributed by atoms with Gasteiger partial charge in [-0.1, -0.05) is 78.9 Å². The van der Waals surface area contributed by atoms with Gasteiger partial charge >= 0.3 is 0 Å². The van der Waals surface area contributed by atoms with Gasteiger partial charge in [0.05, 0.1) is 17.5 Å². The number of likely N-dealkylation sites (tertiary alicyclic amines) is 1. The minimum absolute atomic E-state index is 0.0929. The number of amides is 1. The van der Waals surface area contributed by atoms with E-state index in [1.807, 2.05) is 42.5 Å². The molecule has 0 spiro atoms. The van der Waals surface area contributed by atoms with E-state index in [1.54, 1.807) is 47.0 Å². The van der Waals surface area contributed by atoms with Crippen LogP contribution in [0.1, 0.15) is 45.5 Å². The quantitative estimate of drug-likeness (QED) is 0.106. The number of thiophene rings is 1. The molecule has 1 saturated heterocycles. The van der Waals surface area contributed by atoms with Crippen LogP contribution in [0.25, 0.3) is 20.7 Å². The number of hydrogen-bond donors (Lipinski definition) is 2. The average Bonchev–Trinajstić information content (AvgIpc) is 3.79. The zero-order chi connectivity index (χ0) is 35.7. The number of anilines is 1. The molecule has 1 amide bonds. The number of halogens is 2. The lowest BCUT2D eigenvalue weighted by molar-refractivity contribution is -0.105. The van der Waals surface area contributed by atoms with Crippen molar-refractivity contribution in [1.82, 2.24) is 14.8 Å². The van der Waals surface area contributed by atoms with Crippen molar-refractivity contribution in [1.29, 1.82) is 0 Å². The van der Waals surface area contributed by atoms with E-state index < -0.39 is 22.8 Å². The Morgan fingerprint density at radius 1 is 0.824 bits per heavy atom. The van der Waals surface area contributed by atoms with Crippen LogP contribution in [0, 0.1) is 11.6 Å². The second-order valence-electron chi connectivity index (χ2n) is 12.4. The van der Waals surface area contributed by atoms with E-state index >= 15 is 0 Å². The molecule has 6 aromatic rings. The van der Waals surface area contributed by atoms with Crippen molar-refractivity contribution in [3.8, 4) is 10.4 Å². The summed E-state index contributed by atoms with van der Waals surface area (Å²) in [4.78, 5) is 42.6. The SMILES string of the molecule is CN1CCCC1.O=CNc1ccc(-c2sc3c(c2CNCc2ccccc2)c(=O)c(C(=O)c2ccccc2)cn3Cc2c(F)cccc2F)cc1. The molecule has 0 saturated carbocycles. The number of ketones is 1. The first kappa shape index (κ1) is 35.5. The number of fused-ring (bicyclic) bond motifs is 1. The Bertz CT molecular complexity index is 2160. The Morgan fingerprint density at radius 2 is 1.47 bits per heavy atom. The highest BCUT2D eigenvalue weighted by atomic mass is 32.1. The molecule has 1 aliphatic rings. The van der Waals surface area contributed by atoms with Crippen LogP contribution in [0.2, 0.25) is 0 Å². The Morgan fingerprint density at radius 3 is 2.08 bits per heavy atom. The predicted octanol–water partition coefficient (Wildman–Crippen LogP) is 7.86. The third-order valence-corrected chi connectivity index (χ3v) is 10.2. The number of carbonyl (C=O) groups excluding carboxylic acids is 2. The summed E-state index contributed by atoms with van der Waals surface area (Å²) in [6.07, 6.45) is 4.82. The number of nitrogens with one attached hydrogen (secondary N) is 2. The number of rotatable bonds is 11. The average molecular weight is 705 g/mol. The highest BCUT2D eigenvalue weighted by molar-refractivity contribution is 7.22. The van der Waals surface area contributed by atoms with E-state index in [9.17, 15) is 23.2 Å². The van der Waals surface area contributed by atoms with Gasteiger partial charge in [0, 0.05) is 41.0 Å². The van der Waals surface area contributed by atoms with Gasteiger partial charge in [-0.05, 0) is 73.9 Å². The molecule has 0 bridgehead atoms. The van der Waals surface area contributed by atoms with E-state index in [-0.39, 0.29) is 24.2 Å². The van der Waals surface area contributed by atoms with Crippen molar-refractivity contribution in [3.63, 3.8) is 0 Å². The van der Waals surface area contributed by atoms with Crippen LogP contribution in [-0.2, 0) is 24.4 Å². The van der Waals surface area contributed by atoms with Crippen molar-refractivity contribution in [2.24, 2.45) is 0 Å². The molecule has 51 heavy (non-hydrogen) atoms. The molecule has 0 radical (unpaired) electrons. The maximum Gasteiger partial charge on any atom is 0.211 e. The van der Waals surface area contributed by atoms with Gasteiger partial charge in [0.2, 0.25) is 11.8 Å². The molecule has 1 fully saturated rings. The molecule has 4 aromatic carbocycles. The van der Waals surface area contributed by atoms with Gasteiger partial charge < -0.3 is 20.1 Å². The molecule has 0 unspecified atom stereocenters. The molecule has 1 aliphatic heterocycles. The van der Waals surface area contributed by atoms with E-state index in [2.05, 4.69) is 22.6 Å². The van der Waals surface area contributed by atoms with Gasteiger partial charge in [0.25, 0.3) is 0 Å². The van der Waals surface area contributed by atoms with E-state index in [0.29, 0.717) is 40.0 Å². The van der Waals surface area contributed by atoms with Gasteiger partial charge in [-0.2, -0.15) is 0 Å². The predicted molar refractivity (Wildman–Crippen MR) is 200 cm³/mol. The molecule has 7 nitrogen and oxygen atoms in total. The zero-order valence-corrected chi connectivity index (χ0v) is 29.0. The van der Waals surface area contributed by atoms with Crippen LogP contribution in [0.3, 0.4) is 0 Å². The standard InChI is InChI=1S/C36H27F2N3O3S.C5H11N/c37-30-12-7-13-31(38)28(30)20-41-21-29(33(43)24-10-5-2-6-11-24)34(44)32-27(19-39-18-23-8-3-1-4-9-23)35(45-36(32)41)25-14-16-26(17-15-25)40-22-42;1-6-4-2-3-5-6/h1-17,21-22,39H,18-20H2,(H,40,42);2-5H2,1H3. The van der Waals surface area contributed by atoms with Gasteiger partial charge in [0.1, 0.15) is 16.5 Å². The lowest BCUT2D eigenvalue weighted by Crippen LogP contribution is -2.21. The fourth-order valence-electron chi connectivity index (χ4n) is 6.16. The van der Waals surface area contributed by atoms with Crippen LogP contribution in [0.5, 0.6) is 0 Å². The maximum atomic E-state index is 14.9. The minimum atomic E-state index is -0.724. The van der Waals surface area contributed by atoms with Crippen LogP contribution < -0.4 is 16.1 Å². The van der Waals surface area contributed by atoms with Gasteiger partial charge in [-0.3, -0.25) is 14.4 Å². The summed E-state index contributed by atoms with van der Waals surface area (Å²) in [5, 5.41) is 6.36. The van der Waals surface area contributed by atoms with E-state index in [0.717, 1.165) is 16.0 Å². The van der Waals surface area contributed by atoms with E-state index in [4.69, 9.17) is 0 Å². The molecular weight excluding hydrogens is 667 g/mol. The lowest BCUT2D eigenvalue weighted by atomic mass is 10.0. The van der Waals surface area contributed by atoms with Crippen molar-refractivity contribution < 1.29 is 18.4 Å². The summed E-state index contributed by atoms with van der Waals surface area (Å²) in [6, 6.07) is 29.1. The van der Waals surface area contributed by atoms with Crippen LogP contribution in [-0.4, -0.2) is 41.8 Å². The lowest BCUT2D eigenvalue weighted by Gasteiger charge is -2.13. The first-order chi connectivity index (χ1) is 24.8. The Kier molecular flexibility index (Phi) is 11.6. The highest BCUT2D eigenvalue weighted by Crippen LogP contribution is 2.39. The van der Waals surface area contributed by atoms with Crippen molar-refractivity contribution >= 4 is 39.4 Å². The number of aromatic nitrogens is 1. The molecule has 2 N–H and O–H groups in total. The summed E-state index contributed by atoms with van der Waals surface area (Å²) in [7, 11) is 2.17. The zero-order valence-electron chi connectivity index (χ0n) is 28.2. The first-order valence-electron chi connectivity index (χ1n) is 16.8.